The van der Waals surface area contributed by atoms with E-state index in [-0.39, 0.29) is 5.75 Å². The maximum atomic E-state index is 9.79. The van der Waals surface area contributed by atoms with Crippen LogP contribution in [0, 0.1) is 0 Å². The third-order valence-corrected chi connectivity index (χ3v) is 2.84. The van der Waals surface area contributed by atoms with Gasteiger partial charge in [-0.05, 0) is 15.9 Å². The summed E-state index contributed by atoms with van der Waals surface area (Å²) in [7, 11) is 3.05. The van der Waals surface area contributed by atoms with E-state index in [9.17, 15) is 5.11 Å². The zero-order valence-corrected chi connectivity index (χ0v) is 10.7. The van der Waals surface area contributed by atoms with Crippen molar-refractivity contribution in [2.24, 2.45) is 5.73 Å². The summed E-state index contributed by atoms with van der Waals surface area (Å²) in [6.45, 7) is 0.403. The van der Waals surface area contributed by atoms with Crippen LogP contribution in [0.4, 0.5) is 0 Å². The van der Waals surface area contributed by atoms with Gasteiger partial charge < -0.3 is 20.3 Å². The van der Waals surface area contributed by atoms with E-state index < -0.39 is 0 Å². The lowest BCUT2D eigenvalue weighted by Gasteiger charge is -2.12. The fraction of sp³-hybridized carbons (Fsp3) is 0.273. The fourth-order valence-corrected chi connectivity index (χ4v) is 1.99. The van der Waals surface area contributed by atoms with Crippen molar-refractivity contribution < 1.29 is 14.6 Å². The van der Waals surface area contributed by atoms with Crippen LogP contribution in [0.1, 0.15) is 5.56 Å². The van der Waals surface area contributed by atoms with E-state index in [0.717, 1.165) is 0 Å². The highest BCUT2D eigenvalue weighted by Gasteiger charge is 2.15. The number of aromatic hydroxyl groups is 1. The van der Waals surface area contributed by atoms with Crippen LogP contribution in [0.15, 0.2) is 16.6 Å². The van der Waals surface area contributed by atoms with Gasteiger partial charge in [-0.3, -0.25) is 0 Å². The molecular weight excluding hydrogens is 274 g/mol. The Hall–Kier alpha value is -1.20. The van der Waals surface area contributed by atoms with Gasteiger partial charge >= 0.3 is 0 Å². The first-order valence-electron chi connectivity index (χ1n) is 4.65. The summed E-state index contributed by atoms with van der Waals surface area (Å²) in [5.74, 6) is 1.11. The number of halogens is 1. The monoisotopic (exact) mass is 287 g/mol. The Kier molecular flexibility index (Phi) is 4.64. The molecule has 1 aromatic carbocycles. The van der Waals surface area contributed by atoms with E-state index in [2.05, 4.69) is 15.9 Å². The van der Waals surface area contributed by atoms with Gasteiger partial charge in [-0.1, -0.05) is 12.2 Å². The highest BCUT2D eigenvalue weighted by molar-refractivity contribution is 9.10. The molecule has 0 aliphatic rings. The molecule has 0 aliphatic heterocycles. The number of hydrogen-bond acceptors (Lipinski definition) is 4. The van der Waals surface area contributed by atoms with Gasteiger partial charge in [0, 0.05) is 18.2 Å². The van der Waals surface area contributed by atoms with Gasteiger partial charge in [0.25, 0.3) is 0 Å². The van der Waals surface area contributed by atoms with Gasteiger partial charge in [-0.2, -0.15) is 0 Å². The topological polar surface area (TPSA) is 64.7 Å². The Balaban J connectivity index is 3.34. The van der Waals surface area contributed by atoms with Crippen LogP contribution < -0.4 is 15.2 Å². The van der Waals surface area contributed by atoms with Gasteiger partial charge in [-0.15, -0.1) is 0 Å². The smallest absolute Gasteiger partial charge is 0.175 e. The van der Waals surface area contributed by atoms with Crippen molar-refractivity contribution in [3.05, 3.63) is 22.2 Å². The SMILES string of the molecule is COc1cc(O)c(/C=C/CN)c(Br)c1OC. The van der Waals surface area contributed by atoms with Crippen molar-refractivity contribution in [2.75, 3.05) is 20.8 Å². The van der Waals surface area contributed by atoms with Crippen molar-refractivity contribution in [3.63, 3.8) is 0 Å². The molecule has 0 spiro atoms. The van der Waals surface area contributed by atoms with Crippen molar-refractivity contribution in [1.82, 2.24) is 0 Å². The molecule has 0 saturated carbocycles. The van der Waals surface area contributed by atoms with E-state index in [4.69, 9.17) is 15.2 Å². The molecule has 0 unspecified atom stereocenters. The van der Waals surface area contributed by atoms with Crippen LogP contribution in [-0.4, -0.2) is 25.9 Å². The number of benzene rings is 1. The van der Waals surface area contributed by atoms with Crippen molar-refractivity contribution in [2.45, 2.75) is 0 Å². The summed E-state index contributed by atoms with van der Waals surface area (Å²) in [4.78, 5) is 0. The molecule has 4 nitrogen and oxygen atoms in total. The number of nitrogens with two attached hydrogens (primary N) is 1. The Morgan fingerprint density at radius 3 is 2.62 bits per heavy atom. The standard InChI is InChI=1S/C11H14BrNO3/c1-15-9-6-8(14)7(4-3-5-13)10(12)11(9)16-2/h3-4,6,14H,5,13H2,1-2H3/b4-3+. The number of methoxy groups -OCH3 is 2. The first-order chi connectivity index (χ1) is 7.65. The number of rotatable bonds is 4. The Morgan fingerprint density at radius 2 is 2.12 bits per heavy atom. The van der Waals surface area contributed by atoms with Gasteiger partial charge in [0.2, 0.25) is 0 Å². The maximum Gasteiger partial charge on any atom is 0.175 e. The largest absolute Gasteiger partial charge is 0.507 e. The van der Waals surface area contributed by atoms with E-state index in [0.29, 0.717) is 28.1 Å². The second-order valence-corrected chi connectivity index (χ2v) is 3.79. The van der Waals surface area contributed by atoms with Crippen LogP contribution in [0.5, 0.6) is 17.2 Å². The average molecular weight is 288 g/mol. The first-order valence-corrected chi connectivity index (χ1v) is 5.45. The molecule has 0 aromatic heterocycles. The number of hydrogen-bond donors (Lipinski definition) is 2. The predicted molar refractivity (Wildman–Crippen MR) is 67.0 cm³/mol. The molecule has 0 atom stereocenters. The van der Waals surface area contributed by atoms with E-state index in [1.807, 2.05) is 0 Å². The van der Waals surface area contributed by atoms with Crippen molar-refractivity contribution >= 4 is 22.0 Å². The quantitative estimate of drug-likeness (QED) is 0.891. The third-order valence-electron chi connectivity index (χ3n) is 2.05. The molecule has 0 bridgehead atoms. The Morgan fingerprint density at radius 1 is 1.44 bits per heavy atom. The van der Waals surface area contributed by atoms with Crippen LogP contribution in [0.25, 0.3) is 6.08 Å². The predicted octanol–water partition coefficient (Wildman–Crippen LogP) is 2.14. The maximum absolute atomic E-state index is 9.79. The zero-order chi connectivity index (χ0) is 12.1. The summed E-state index contributed by atoms with van der Waals surface area (Å²) in [5, 5.41) is 9.79. The molecule has 3 N–H and O–H groups in total. The zero-order valence-electron chi connectivity index (χ0n) is 9.16. The lowest BCUT2D eigenvalue weighted by Crippen LogP contribution is -1.95. The molecule has 1 rings (SSSR count). The van der Waals surface area contributed by atoms with Crippen molar-refractivity contribution in [3.8, 4) is 17.2 Å². The molecule has 0 fully saturated rings. The average Bonchev–Trinajstić information content (AvgIpc) is 2.28. The summed E-state index contributed by atoms with van der Waals surface area (Å²) < 4.78 is 10.9. The molecule has 0 heterocycles. The van der Waals surface area contributed by atoms with Gasteiger partial charge in [0.05, 0.1) is 18.7 Å². The van der Waals surface area contributed by atoms with Crippen molar-refractivity contribution in [1.29, 1.82) is 0 Å². The number of ether oxygens (including phenoxy) is 2. The molecule has 0 saturated heterocycles. The van der Waals surface area contributed by atoms with Crippen LogP contribution in [0.3, 0.4) is 0 Å². The second kappa shape index (κ2) is 5.77. The Bertz CT molecular complexity index is 405. The molecule has 88 valence electrons. The highest BCUT2D eigenvalue weighted by Crippen LogP contribution is 2.42. The van der Waals surface area contributed by atoms with Crippen LogP contribution in [-0.2, 0) is 0 Å². The van der Waals surface area contributed by atoms with Gasteiger partial charge in [0.1, 0.15) is 5.75 Å². The fourth-order valence-electron chi connectivity index (χ4n) is 1.30. The molecule has 16 heavy (non-hydrogen) atoms. The molecule has 1 aromatic rings. The van der Waals surface area contributed by atoms with E-state index >= 15 is 0 Å². The Labute approximate surface area is 103 Å². The number of phenols is 1. The lowest BCUT2D eigenvalue weighted by molar-refractivity contribution is 0.349. The second-order valence-electron chi connectivity index (χ2n) is 3.00. The summed E-state index contributed by atoms with van der Waals surface area (Å²) in [6, 6.07) is 1.50. The first kappa shape index (κ1) is 12.9. The number of phenolic OH excluding ortho intramolecular Hbond substituents is 1. The molecule has 0 aliphatic carbocycles. The minimum atomic E-state index is 0.106. The van der Waals surface area contributed by atoms with Gasteiger partial charge in [0.15, 0.2) is 11.5 Å². The minimum Gasteiger partial charge on any atom is -0.507 e. The molecule has 0 amide bonds. The van der Waals surface area contributed by atoms with E-state index in [1.165, 1.54) is 20.3 Å². The summed E-state index contributed by atoms with van der Waals surface area (Å²) in [6.07, 6.45) is 3.47. The minimum absolute atomic E-state index is 0.106. The third kappa shape index (κ3) is 2.48. The van der Waals surface area contributed by atoms with Crippen LogP contribution in [0.2, 0.25) is 0 Å². The molecular formula is C11H14BrNO3. The highest BCUT2D eigenvalue weighted by atomic mass is 79.9. The molecule has 0 radical (unpaired) electrons. The summed E-state index contributed by atoms with van der Waals surface area (Å²) in [5.41, 5.74) is 5.98. The lowest BCUT2D eigenvalue weighted by atomic mass is 10.1. The molecule has 5 heteroatoms. The normalized spacial score (nSPS) is 10.8. The van der Waals surface area contributed by atoms with E-state index in [1.54, 1.807) is 12.2 Å². The van der Waals surface area contributed by atoms with Crippen LogP contribution >= 0.6 is 15.9 Å². The van der Waals surface area contributed by atoms with Gasteiger partial charge in [-0.25, -0.2) is 0 Å². The summed E-state index contributed by atoms with van der Waals surface area (Å²) >= 11 is 3.36.